The average molecular weight is 338 g/mol. The molecule has 1 fully saturated rings. The molecule has 8 heteroatoms. The summed E-state index contributed by atoms with van der Waals surface area (Å²) in [7, 11) is 0. The lowest BCUT2D eigenvalue weighted by Gasteiger charge is -2.32. The molecule has 0 aromatic carbocycles. The van der Waals surface area contributed by atoms with Gasteiger partial charge in [0, 0.05) is 42.7 Å². The second-order valence-electron chi connectivity index (χ2n) is 6.22. The molecule has 0 saturated carbocycles. The third kappa shape index (κ3) is 2.90. The maximum Gasteiger partial charge on any atom is 0.278 e. The van der Waals surface area contributed by atoms with Crippen molar-refractivity contribution in [2.75, 3.05) is 13.1 Å². The zero-order valence-corrected chi connectivity index (χ0v) is 13.8. The number of H-pyrrole nitrogens is 1. The van der Waals surface area contributed by atoms with Gasteiger partial charge in [0.05, 0.1) is 6.20 Å². The molecule has 8 nitrogen and oxygen atoms in total. The Balaban J connectivity index is 1.58. The third-order valence-corrected chi connectivity index (χ3v) is 4.63. The first-order valence-electron chi connectivity index (χ1n) is 8.26. The number of aromatic amines is 1. The fraction of sp³-hybridized carbons (Fsp3) is 0.353. The van der Waals surface area contributed by atoms with Gasteiger partial charge in [-0.15, -0.1) is 0 Å². The van der Waals surface area contributed by atoms with E-state index in [1.54, 1.807) is 19.3 Å². The molecular formula is C17H18N6O2. The van der Waals surface area contributed by atoms with Gasteiger partial charge >= 0.3 is 0 Å². The van der Waals surface area contributed by atoms with Crippen LogP contribution in [0.3, 0.4) is 0 Å². The monoisotopic (exact) mass is 338 g/mol. The number of piperidine rings is 1. The van der Waals surface area contributed by atoms with Crippen molar-refractivity contribution < 1.29 is 9.42 Å². The number of hydrogen-bond acceptors (Lipinski definition) is 6. The van der Waals surface area contributed by atoms with Gasteiger partial charge in [0.2, 0.25) is 0 Å². The van der Waals surface area contributed by atoms with Crippen molar-refractivity contribution in [2.45, 2.75) is 25.7 Å². The van der Waals surface area contributed by atoms with E-state index in [9.17, 15) is 4.79 Å². The number of pyridine rings is 1. The van der Waals surface area contributed by atoms with Gasteiger partial charge in [0.15, 0.2) is 5.69 Å². The highest BCUT2D eigenvalue weighted by Crippen LogP contribution is 2.33. The predicted octanol–water partition coefficient (Wildman–Crippen LogP) is 2.18. The van der Waals surface area contributed by atoms with Crippen LogP contribution in [0.4, 0.5) is 0 Å². The molecule has 0 bridgehead atoms. The van der Waals surface area contributed by atoms with Crippen LogP contribution >= 0.6 is 0 Å². The van der Waals surface area contributed by atoms with Crippen molar-refractivity contribution in [3.8, 4) is 11.1 Å². The molecule has 1 atom stereocenters. The molecule has 4 heterocycles. The van der Waals surface area contributed by atoms with Crippen LogP contribution in [0.5, 0.6) is 0 Å². The molecule has 1 unspecified atom stereocenters. The number of carbonyl (C=O) groups is 1. The Morgan fingerprint density at radius 1 is 1.32 bits per heavy atom. The predicted molar refractivity (Wildman–Crippen MR) is 88.7 cm³/mol. The number of aromatic nitrogens is 5. The molecular weight excluding hydrogens is 320 g/mol. The number of hydrogen-bond donors (Lipinski definition) is 1. The number of rotatable bonds is 3. The molecule has 1 aliphatic rings. The van der Waals surface area contributed by atoms with Crippen molar-refractivity contribution in [2.24, 2.45) is 0 Å². The van der Waals surface area contributed by atoms with Gasteiger partial charge in [-0.2, -0.15) is 5.10 Å². The Kier molecular flexibility index (Phi) is 4.01. The Morgan fingerprint density at radius 3 is 2.92 bits per heavy atom. The van der Waals surface area contributed by atoms with E-state index in [4.69, 9.17) is 0 Å². The molecule has 0 aliphatic carbocycles. The van der Waals surface area contributed by atoms with Gasteiger partial charge in [-0.05, 0) is 42.6 Å². The Bertz CT molecular complexity index is 872. The standard InChI is InChI=1S/C17H18N6O2/c1-11-15(22-25-21-11)17(24)23-8-2-3-13(10-23)16-14(9-19-20-16)12-4-6-18-7-5-12/h4-7,9,13H,2-3,8,10H2,1H3,(H,19,20). The number of amides is 1. The van der Waals surface area contributed by atoms with Crippen LogP contribution in [0, 0.1) is 6.92 Å². The first kappa shape index (κ1) is 15.5. The molecule has 128 valence electrons. The minimum absolute atomic E-state index is 0.131. The molecule has 3 aromatic rings. The number of nitrogens with zero attached hydrogens (tertiary/aromatic N) is 5. The molecule has 3 aromatic heterocycles. The van der Waals surface area contributed by atoms with Crippen LogP contribution in [-0.2, 0) is 0 Å². The SMILES string of the molecule is Cc1nonc1C(=O)N1CCCC(c2[nH]ncc2-c2ccncc2)C1. The fourth-order valence-electron chi connectivity index (χ4n) is 3.34. The summed E-state index contributed by atoms with van der Waals surface area (Å²) < 4.78 is 4.66. The summed E-state index contributed by atoms with van der Waals surface area (Å²) in [5, 5.41) is 14.8. The largest absolute Gasteiger partial charge is 0.336 e. The van der Waals surface area contributed by atoms with Gasteiger partial charge in [-0.25, -0.2) is 4.63 Å². The minimum Gasteiger partial charge on any atom is -0.336 e. The zero-order valence-electron chi connectivity index (χ0n) is 13.8. The lowest BCUT2D eigenvalue weighted by molar-refractivity contribution is 0.0694. The number of likely N-dealkylation sites (tertiary alicyclic amines) is 1. The van der Waals surface area contributed by atoms with Gasteiger partial charge in [0.1, 0.15) is 5.69 Å². The first-order chi connectivity index (χ1) is 12.2. The van der Waals surface area contributed by atoms with Gasteiger partial charge < -0.3 is 4.90 Å². The van der Waals surface area contributed by atoms with E-state index in [0.717, 1.165) is 29.7 Å². The van der Waals surface area contributed by atoms with E-state index in [1.165, 1.54) is 0 Å². The normalized spacial score (nSPS) is 17.6. The highest BCUT2D eigenvalue weighted by Gasteiger charge is 2.30. The fourth-order valence-corrected chi connectivity index (χ4v) is 3.34. The van der Waals surface area contributed by atoms with Gasteiger partial charge in [-0.1, -0.05) is 5.16 Å². The molecule has 1 aliphatic heterocycles. The maximum absolute atomic E-state index is 12.7. The zero-order chi connectivity index (χ0) is 17.2. The quantitative estimate of drug-likeness (QED) is 0.785. The second-order valence-corrected chi connectivity index (χ2v) is 6.22. The van der Waals surface area contributed by atoms with Gasteiger partial charge in [-0.3, -0.25) is 14.9 Å². The van der Waals surface area contributed by atoms with Crippen LogP contribution in [0.2, 0.25) is 0 Å². The lowest BCUT2D eigenvalue weighted by atomic mass is 9.90. The molecule has 0 radical (unpaired) electrons. The lowest BCUT2D eigenvalue weighted by Crippen LogP contribution is -2.39. The average Bonchev–Trinajstić information content (AvgIpc) is 3.31. The highest BCUT2D eigenvalue weighted by atomic mass is 16.6. The molecule has 1 N–H and O–H groups in total. The third-order valence-electron chi connectivity index (χ3n) is 4.63. The number of nitrogens with one attached hydrogen (secondary N) is 1. The van der Waals surface area contributed by atoms with E-state index in [1.807, 2.05) is 23.2 Å². The Morgan fingerprint density at radius 2 is 2.16 bits per heavy atom. The summed E-state index contributed by atoms with van der Waals surface area (Å²) in [6.45, 7) is 3.05. The summed E-state index contributed by atoms with van der Waals surface area (Å²) >= 11 is 0. The van der Waals surface area contributed by atoms with Crippen LogP contribution < -0.4 is 0 Å². The van der Waals surface area contributed by atoms with Crippen molar-refractivity contribution in [1.82, 2.24) is 30.4 Å². The first-order valence-corrected chi connectivity index (χ1v) is 8.26. The van der Waals surface area contributed by atoms with Crippen LogP contribution in [0.15, 0.2) is 35.4 Å². The maximum atomic E-state index is 12.7. The van der Waals surface area contributed by atoms with E-state index in [2.05, 4.69) is 30.1 Å². The van der Waals surface area contributed by atoms with Crippen molar-refractivity contribution >= 4 is 5.91 Å². The van der Waals surface area contributed by atoms with Crippen molar-refractivity contribution in [1.29, 1.82) is 0 Å². The molecule has 0 spiro atoms. The second kappa shape index (κ2) is 6.46. The van der Waals surface area contributed by atoms with Crippen LogP contribution in [-0.4, -0.2) is 49.4 Å². The smallest absolute Gasteiger partial charge is 0.278 e. The molecule has 4 rings (SSSR count). The number of carbonyl (C=O) groups excluding carboxylic acids is 1. The van der Waals surface area contributed by atoms with Gasteiger partial charge in [0.25, 0.3) is 5.91 Å². The number of aryl methyl sites for hydroxylation is 1. The highest BCUT2D eigenvalue weighted by molar-refractivity contribution is 5.93. The van der Waals surface area contributed by atoms with E-state index in [-0.39, 0.29) is 11.8 Å². The summed E-state index contributed by atoms with van der Waals surface area (Å²) in [5.41, 5.74) is 3.99. The Labute approximate surface area is 144 Å². The van der Waals surface area contributed by atoms with Crippen molar-refractivity contribution in [3.63, 3.8) is 0 Å². The van der Waals surface area contributed by atoms with E-state index < -0.39 is 0 Å². The topological polar surface area (TPSA) is 101 Å². The molecule has 1 saturated heterocycles. The van der Waals surface area contributed by atoms with E-state index >= 15 is 0 Å². The summed E-state index contributed by atoms with van der Waals surface area (Å²) in [4.78, 5) is 18.6. The summed E-state index contributed by atoms with van der Waals surface area (Å²) in [5.74, 6) is 0.0666. The van der Waals surface area contributed by atoms with Crippen LogP contribution in [0.25, 0.3) is 11.1 Å². The van der Waals surface area contributed by atoms with E-state index in [0.29, 0.717) is 24.5 Å². The van der Waals surface area contributed by atoms with Crippen molar-refractivity contribution in [3.05, 3.63) is 47.8 Å². The summed E-state index contributed by atoms with van der Waals surface area (Å²) in [6.07, 6.45) is 7.29. The summed E-state index contributed by atoms with van der Waals surface area (Å²) in [6, 6.07) is 3.93. The van der Waals surface area contributed by atoms with Crippen LogP contribution in [0.1, 0.15) is 40.6 Å². The Hall–Kier alpha value is -3.03. The minimum atomic E-state index is -0.131. The molecule has 25 heavy (non-hydrogen) atoms. The molecule has 1 amide bonds.